The SMILES string of the molecule is Cc1cc(C)n(C(C)C(=O)NCCCc2nc3ccccc3n2C)n1. The van der Waals surface area contributed by atoms with Crippen LogP contribution >= 0.6 is 0 Å². The van der Waals surface area contributed by atoms with Gasteiger partial charge in [-0.2, -0.15) is 5.10 Å². The first-order chi connectivity index (χ1) is 12.0. The number of amides is 1. The van der Waals surface area contributed by atoms with Crippen LogP contribution in [0, 0.1) is 13.8 Å². The predicted octanol–water partition coefficient (Wildman–Crippen LogP) is 2.70. The number of nitrogens with one attached hydrogen (secondary N) is 1. The molecule has 6 heteroatoms. The van der Waals surface area contributed by atoms with Crippen molar-refractivity contribution in [1.82, 2.24) is 24.6 Å². The van der Waals surface area contributed by atoms with Crippen LogP contribution in [0.25, 0.3) is 11.0 Å². The molecule has 6 nitrogen and oxygen atoms in total. The van der Waals surface area contributed by atoms with Crippen molar-refractivity contribution >= 4 is 16.9 Å². The fourth-order valence-electron chi connectivity index (χ4n) is 3.17. The lowest BCUT2D eigenvalue weighted by molar-refractivity contribution is -0.124. The monoisotopic (exact) mass is 339 g/mol. The van der Waals surface area contributed by atoms with Crippen LogP contribution in [0.15, 0.2) is 30.3 Å². The number of aromatic nitrogens is 4. The van der Waals surface area contributed by atoms with E-state index in [0.717, 1.165) is 41.1 Å². The van der Waals surface area contributed by atoms with E-state index < -0.39 is 0 Å². The number of imidazole rings is 1. The highest BCUT2D eigenvalue weighted by molar-refractivity contribution is 5.79. The molecule has 3 rings (SSSR count). The summed E-state index contributed by atoms with van der Waals surface area (Å²) in [6, 6.07) is 9.80. The summed E-state index contributed by atoms with van der Waals surface area (Å²) in [4.78, 5) is 17.0. The zero-order valence-corrected chi connectivity index (χ0v) is 15.3. The van der Waals surface area contributed by atoms with E-state index in [2.05, 4.69) is 26.0 Å². The highest BCUT2D eigenvalue weighted by atomic mass is 16.2. The quantitative estimate of drug-likeness (QED) is 0.702. The Morgan fingerprint density at radius 1 is 1.28 bits per heavy atom. The number of rotatable bonds is 6. The van der Waals surface area contributed by atoms with E-state index in [1.165, 1.54) is 0 Å². The molecule has 0 fully saturated rings. The number of hydrogen-bond acceptors (Lipinski definition) is 3. The second kappa shape index (κ2) is 7.09. The van der Waals surface area contributed by atoms with Crippen molar-refractivity contribution < 1.29 is 4.79 Å². The standard InChI is InChI=1S/C19H25N5O/c1-13-12-14(2)24(22-13)15(3)19(25)20-11-7-10-18-21-16-8-5-6-9-17(16)23(18)4/h5-6,8-9,12,15H,7,10-11H2,1-4H3,(H,20,25). The van der Waals surface area contributed by atoms with Gasteiger partial charge in [-0.05, 0) is 45.4 Å². The average molecular weight is 339 g/mol. The van der Waals surface area contributed by atoms with Crippen molar-refractivity contribution in [3.8, 4) is 0 Å². The van der Waals surface area contributed by atoms with Crippen molar-refractivity contribution in [1.29, 1.82) is 0 Å². The lowest BCUT2D eigenvalue weighted by Crippen LogP contribution is -2.32. The molecule has 0 aliphatic carbocycles. The van der Waals surface area contributed by atoms with Gasteiger partial charge in [0, 0.05) is 25.7 Å². The van der Waals surface area contributed by atoms with Crippen LogP contribution in [0.1, 0.15) is 36.6 Å². The largest absolute Gasteiger partial charge is 0.354 e. The fourth-order valence-corrected chi connectivity index (χ4v) is 3.17. The Hall–Kier alpha value is -2.63. The number of benzene rings is 1. The Balaban J connectivity index is 1.53. The van der Waals surface area contributed by atoms with Crippen LogP contribution in [0.4, 0.5) is 0 Å². The molecule has 0 radical (unpaired) electrons. The number of carbonyl (C=O) groups excluding carboxylic acids is 1. The Kier molecular flexibility index (Phi) is 4.88. The molecule has 1 atom stereocenters. The summed E-state index contributed by atoms with van der Waals surface area (Å²) in [6.07, 6.45) is 1.69. The predicted molar refractivity (Wildman–Crippen MR) is 98.5 cm³/mol. The molecule has 0 bridgehead atoms. The van der Waals surface area contributed by atoms with Crippen molar-refractivity contribution in [2.45, 2.75) is 39.7 Å². The van der Waals surface area contributed by atoms with Gasteiger partial charge < -0.3 is 9.88 Å². The van der Waals surface area contributed by atoms with E-state index >= 15 is 0 Å². The molecule has 2 aromatic heterocycles. The molecule has 1 unspecified atom stereocenters. The Morgan fingerprint density at radius 3 is 2.72 bits per heavy atom. The molecule has 2 heterocycles. The van der Waals surface area contributed by atoms with Gasteiger partial charge in [-0.25, -0.2) is 4.98 Å². The molecule has 132 valence electrons. The smallest absolute Gasteiger partial charge is 0.244 e. The molecule has 3 aromatic rings. The van der Waals surface area contributed by atoms with Crippen molar-refractivity contribution in [3.05, 3.63) is 47.5 Å². The van der Waals surface area contributed by atoms with Crippen molar-refractivity contribution in [2.24, 2.45) is 7.05 Å². The zero-order chi connectivity index (χ0) is 18.0. The van der Waals surface area contributed by atoms with Gasteiger partial charge in [-0.1, -0.05) is 12.1 Å². The van der Waals surface area contributed by atoms with E-state index in [1.54, 1.807) is 4.68 Å². The topological polar surface area (TPSA) is 64.7 Å². The summed E-state index contributed by atoms with van der Waals surface area (Å²) in [7, 11) is 2.04. The number of carbonyl (C=O) groups is 1. The summed E-state index contributed by atoms with van der Waals surface area (Å²) in [5.41, 5.74) is 4.08. The molecular weight excluding hydrogens is 314 g/mol. The number of fused-ring (bicyclic) bond motifs is 1. The molecule has 0 saturated carbocycles. The lowest BCUT2D eigenvalue weighted by Gasteiger charge is -2.14. The maximum atomic E-state index is 12.3. The van der Waals surface area contributed by atoms with Gasteiger partial charge in [0.2, 0.25) is 5.91 Å². The number of hydrogen-bond donors (Lipinski definition) is 1. The van der Waals surface area contributed by atoms with Gasteiger partial charge >= 0.3 is 0 Å². The molecule has 1 aromatic carbocycles. The summed E-state index contributed by atoms with van der Waals surface area (Å²) in [6.45, 7) is 6.41. The fraction of sp³-hybridized carbons (Fsp3) is 0.421. The maximum absolute atomic E-state index is 12.3. The van der Waals surface area contributed by atoms with Gasteiger partial charge in [0.05, 0.1) is 16.7 Å². The summed E-state index contributed by atoms with van der Waals surface area (Å²) < 4.78 is 3.89. The van der Waals surface area contributed by atoms with E-state index in [1.807, 2.05) is 52.1 Å². The van der Waals surface area contributed by atoms with E-state index in [4.69, 9.17) is 0 Å². The lowest BCUT2D eigenvalue weighted by atomic mass is 10.2. The molecule has 0 aliphatic heterocycles. The van der Waals surface area contributed by atoms with Crippen LogP contribution in [0.3, 0.4) is 0 Å². The Bertz CT molecular complexity index is 892. The summed E-state index contributed by atoms with van der Waals surface area (Å²) in [5.74, 6) is 1.04. The molecule has 25 heavy (non-hydrogen) atoms. The summed E-state index contributed by atoms with van der Waals surface area (Å²) >= 11 is 0. The van der Waals surface area contributed by atoms with Gasteiger partial charge in [0.15, 0.2) is 0 Å². The Morgan fingerprint density at radius 2 is 2.04 bits per heavy atom. The third kappa shape index (κ3) is 3.57. The van der Waals surface area contributed by atoms with Crippen LogP contribution in [-0.4, -0.2) is 31.8 Å². The molecule has 0 spiro atoms. The van der Waals surface area contributed by atoms with Crippen LogP contribution < -0.4 is 5.32 Å². The van der Waals surface area contributed by atoms with E-state index in [0.29, 0.717) is 6.54 Å². The minimum atomic E-state index is -0.301. The van der Waals surface area contributed by atoms with E-state index in [-0.39, 0.29) is 11.9 Å². The van der Waals surface area contributed by atoms with E-state index in [9.17, 15) is 4.79 Å². The number of aryl methyl sites for hydroxylation is 4. The second-order valence-corrected chi connectivity index (χ2v) is 6.52. The number of para-hydroxylation sites is 2. The van der Waals surface area contributed by atoms with Crippen LogP contribution in [0.2, 0.25) is 0 Å². The third-order valence-corrected chi connectivity index (χ3v) is 4.55. The molecular formula is C19H25N5O. The molecule has 1 N–H and O–H groups in total. The highest BCUT2D eigenvalue weighted by Gasteiger charge is 2.17. The Labute approximate surface area is 147 Å². The number of nitrogens with zero attached hydrogens (tertiary/aromatic N) is 4. The first-order valence-electron chi connectivity index (χ1n) is 8.68. The normalized spacial score (nSPS) is 12.5. The minimum absolute atomic E-state index is 0.00352. The van der Waals surface area contributed by atoms with Gasteiger partial charge in [-0.15, -0.1) is 0 Å². The maximum Gasteiger partial charge on any atom is 0.244 e. The van der Waals surface area contributed by atoms with Crippen molar-refractivity contribution in [2.75, 3.05) is 6.54 Å². The summed E-state index contributed by atoms with van der Waals surface area (Å²) in [5, 5.41) is 7.39. The molecule has 0 aliphatic rings. The van der Waals surface area contributed by atoms with Crippen LogP contribution in [0.5, 0.6) is 0 Å². The molecule has 1 amide bonds. The zero-order valence-electron chi connectivity index (χ0n) is 15.3. The molecule has 0 saturated heterocycles. The average Bonchev–Trinajstić information content (AvgIpc) is 3.10. The second-order valence-electron chi connectivity index (χ2n) is 6.52. The first-order valence-corrected chi connectivity index (χ1v) is 8.68. The third-order valence-electron chi connectivity index (χ3n) is 4.55. The first kappa shape index (κ1) is 17.2. The van der Waals surface area contributed by atoms with Crippen LogP contribution in [-0.2, 0) is 18.3 Å². The van der Waals surface area contributed by atoms with Gasteiger partial charge in [0.25, 0.3) is 0 Å². The highest BCUT2D eigenvalue weighted by Crippen LogP contribution is 2.15. The van der Waals surface area contributed by atoms with Gasteiger partial charge in [-0.3, -0.25) is 9.48 Å². The van der Waals surface area contributed by atoms with Crippen molar-refractivity contribution in [3.63, 3.8) is 0 Å². The minimum Gasteiger partial charge on any atom is -0.354 e. The van der Waals surface area contributed by atoms with Gasteiger partial charge in [0.1, 0.15) is 11.9 Å².